The standard InChI is InChI=1S/C13H13NO3/c1-17-13(16)7-12(15)10-6-9-4-2-3-5-11(9)14-8-10/h2-6,8,12,15H,7H2,1H3/t12-/m1/s1. The number of hydrogen-bond acceptors (Lipinski definition) is 4. The van der Waals surface area contributed by atoms with Crippen molar-refractivity contribution in [2.75, 3.05) is 7.11 Å². The first-order valence-corrected chi connectivity index (χ1v) is 5.30. The lowest BCUT2D eigenvalue weighted by Gasteiger charge is -2.09. The summed E-state index contributed by atoms with van der Waals surface area (Å²) < 4.78 is 4.51. The maximum absolute atomic E-state index is 11.1. The van der Waals surface area contributed by atoms with Crippen molar-refractivity contribution >= 4 is 16.9 Å². The maximum Gasteiger partial charge on any atom is 0.308 e. The minimum atomic E-state index is -0.875. The lowest BCUT2D eigenvalue weighted by Crippen LogP contribution is -2.08. The van der Waals surface area contributed by atoms with Crippen LogP contribution in [-0.2, 0) is 9.53 Å². The van der Waals surface area contributed by atoms with E-state index in [0.717, 1.165) is 10.9 Å². The number of aliphatic hydroxyl groups excluding tert-OH is 1. The molecule has 0 spiro atoms. The zero-order valence-electron chi connectivity index (χ0n) is 9.46. The number of methoxy groups -OCH3 is 1. The molecule has 0 aliphatic heterocycles. The fourth-order valence-corrected chi connectivity index (χ4v) is 1.63. The number of nitrogens with zero attached hydrogens (tertiary/aromatic N) is 1. The Morgan fingerprint density at radius 3 is 3.00 bits per heavy atom. The lowest BCUT2D eigenvalue weighted by atomic mass is 10.1. The highest BCUT2D eigenvalue weighted by Gasteiger charge is 2.13. The van der Waals surface area contributed by atoms with Gasteiger partial charge in [0, 0.05) is 17.1 Å². The summed E-state index contributed by atoms with van der Waals surface area (Å²) in [6.45, 7) is 0. The van der Waals surface area contributed by atoms with Crippen LogP contribution in [0.2, 0.25) is 0 Å². The van der Waals surface area contributed by atoms with Gasteiger partial charge in [-0.1, -0.05) is 18.2 Å². The highest BCUT2D eigenvalue weighted by atomic mass is 16.5. The van der Waals surface area contributed by atoms with Gasteiger partial charge in [0.2, 0.25) is 0 Å². The van der Waals surface area contributed by atoms with Crippen LogP contribution < -0.4 is 0 Å². The molecule has 17 heavy (non-hydrogen) atoms. The number of fused-ring (bicyclic) bond motifs is 1. The molecular formula is C13H13NO3. The van der Waals surface area contributed by atoms with Crippen LogP contribution in [0.4, 0.5) is 0 Å². The highest BCUT2D eigenvalue weighted by molar-refractivity contribution is 5.79. The van der Waals surface area contributed by atoms with Crippen LogP contribution in [0.25, 0.3) is 10.9 Å². The fourth-order valence-electron chi connectivity index (χ4n) is 1.63. The minimum absolute atomic E-state index is 0.0590. The van der Waals surface area contributed by atoms with Crippen LogP contribution in [0.3, 0.4) is 0 Å². The summed E-state index contributed by atoms with van der Waals surface area (Å²) in [5.41, 5.74) is 1.48. The number of esters is 1. The van der Waals surface area contributed by atoms with Gasteiger partial charge in [-0.2, -0.15) is 0 Å². The van der Waals surface area contributed by atoms with Crippen LogP contribution in [0.5, 0.6) is 0 Å². The molecular weight excluding hydrogens is 218 g/mol. The number of carbonyl (C=O) groups is 1. The van der Waals surface area contributed by atoms with Gasteiger partial charge in [-0.05, 0) is 12.1 Å². The topological polar surface area (TPSA) is 59.4 Å². The average Bonchev–Trinajstić information content (AvgIpc) is 2.38. The number of aromatic nitrogens is 1. The summed E-state index contributed by atoms with van der Waals surface area (Å²) in [7, 11) is 1.30. The second-order valence-corrected chi connectivity index (χ2v) is 3.76. The Labute approximate surface area is 98.9 Å². The maximum atomic E-state index is 11.1. The number of hydrogen-bond donors (Lipinski definition) is 1. The van der Waals surface area contributed by atoms with E-state index in [9.17, 15) is 9.90 Å². The van der Waals surface area contributed by atoms with E-state index >= 15 is 0 Å². The van der Waals surface area contributed by atoms with Crippen molar-refractivity contribution < 1.29 is 14.6 Å². The predicted molar refractivity (Wildman–Crippen MR) is 63.3 cm³/mol. The molecule has 0 saturated carbocycles. The van der Waals surface area contributed by atoms with E-state index in [0.29, 0.717) is 5.56 Å². The van der Waals surface area contributed by atoms with Crippen molar-refractivity contribution in [1.29, 1.82) is 0 Å². The van der Waals surface area contributed by atoms with E-state index in [1.165, 1.54) is 7.11 Å². The van der Waals surface area contributed by atoms with Crippen LogP contribution in [0.1, 0.15) is 18.1 Å². The Morgan fingerprint density at radius 1 is 1.47 bits per heavy atom. The van der Waals surface area contributed by atoms with Crippen LogP contribution in [0, 0.1) is 0 Å². The molecule has 1 atom stereocenters. The van der Waals surface area contributed by atoms with E-state index in [-0.39, 0.29) is 6.42 Å². The van der Waals surface area contributed by atoms with Crippen molar-refractivity contribution in [2.45, 2.75) is 12.5 Å². The van der Waals surface area contributed by atoms with Gasteiger partial charge in [-0.3, -0.25) is 9.78 Å². The van der Waals surface area contributed by atoms with Crippen molar-refractivity contribution in [3.8, 4) is 0 Å². The van der Waals surface area contributed by atoms with E-state index in [1.807, 2.05) is 30.3 Å². The first-order valence-electron chi connectivity index (χ1n) is 5.30. The number of ether oxygens (including phenoxy) is 1. The largest absolute Gasteiger partial charge is 0.469 e. The van der Waals surface area contributed by atoms with Gasteiger partial charge in [0.25, 0.3) is 0 Å². The normalized spacial score (nSPS) is 12.4. The average molecular weight is 231 g/mol. The van der Waals surface area contributed by atoms with Gasteiger partial charge < -0.3 is 9.84 Å². The molecule has 2 rings (SSSR count). The Morgan fingerprint density at radius 2 is 2.24 bits per heavy atom. The third-order valence-corrected chi connectivity index (χ3v) is 2.58. The Balaban J connectivity index is 2.26. The molecule has 0 amide bonds. The molecule has 0 bridgehead atoms. The zero-order valence-corrected chi connectivity index (χ0v) is 9.46. The molecule has 0 radical (unpaired) electrons. The Hall–Kier alpha value is -1.94. The molecule has 4 heteroatoms. The number of benzene rings is 1. The van der Waals surface area contributed by atoms with Crippen molar-refractivity contribution in [2.24, 2.45) is 0 Å². The monoisotopic (exact) mass is 231 g/mol. The number of pyridine rings is 1. The van der Waals surface area contributed by atoms with Crippen LogP contribution in [0.15, 0.2) is 36.5 Å². The second-order valence-electron chi connectivity index (χ2n) is 3.76. The molecule has 88 valence electrons. The highest BCUT2D eigenvalue weighted by Crippen LogP contribution is 2.20. The van der Waals surface area contributed by atoms with E-state index < -0.39 is 12.1 Å². The molecule has 0 unspecified atom stereocenters. The SMILES string of the molecule is COC(=O)C[C@@H](O)c1cnc2ccccc2c1. The fraction of sp³-hybridized carbons (Fsp3) is 0.231. The zero-order chi connectivity index (χ0) is 12.3. The number of rotatable bonds is 3. The smallest absolute Gasteiger partial charge is 0.308 e. The molecule has 0 aliphatic rings. The van der Waals surface area contributed by atoms with Crippen molar-refractivity contribution in [1.82, 2.24) is 4.98 Å². The molecule has 2 aromatic rings. The van der Waals surface area contributed by atoms with E-state index in [2.05, 4.69) is 9.72 Å². The molecule has 0 saturated heterocycles. The molecule has 1 heterocycles. The summed E-state index contributed by atoms with van der Waals surface area (Å²) in [6.07, 6.45) is 0.645. The van der Waals surface area contributed by atoms with E-state index in [1.54, 1.807) is 6.20 Å². The number of aliphatic hydroxyl groups is 1. The van der Waals surface area contributed by atoms with E-state index in [4.69, 9.17) is 0 Å². The number of para-hydroxylation sites is 1. The third kappa shape index (κ3) is 2.60. The van der Waals surface area contributed by atoms with Gasteiger partial charge in [0.05, 0.1) is 25.2 Å². The molecule has 0 fully saturated rings. The second kappa shape index (κ2) is 4.93. The van der Waals surface area contributed by atoms with Crippen molar-refractivity contribution in [3.63, 3.8) is 0 Å². The Kier molecular flexibility index (Phi) is 3.35. The summed E-state index contributed by atoms with van der Waals surface area (Å²) >= 11 is 0. The molecule has 1 aromatic heterocycles. The minimum Gasteiger partial charge on any atom is -0.469 e. The summed E-state index contributed by atoms with van der Waals surface area (Å²) in [4.78, 5) is 15.3. The van der Waals surface area contributed by atoms with Gasteiger partial charge in [-0.25, -0.2) is 0 Å². The summed E-state index contributed by atoms with van der Waals surface area (Å²) in [5.74, 6) is -0.439. The summed E-state index contributed by atoms with van der Waals surface area (Å²) in [6, 6.07) is 9.44. The lowest BCUT2D eigenvalue weighted by molar-refractivity contribution is -0.142. The van der Waals surface area contributed by atoms with Gasteiger partial charge in [0.1, 0.15) is 0 Å². The first-order chi connectivity index (χ1) is 8.20. The molecule has 1 aromatic carbocycles. The Bertz CT molecular complexity index is 539. The molecule has 0 aliphatic carbocycles. The first kappa shape index (κ1) is 11.5. The molecule has 1 N–H and O–H groups in total. The predicted octanol–water partition coefficient (Wildman–Crippen LogP) is 1.83. The van der Waals surface area contributed by atoms with Gasteiger partial charge >= 0.3 is 5.97 Å². The van der Waals surface area contributed by atoms with Crippen molar-refractivity contribution in [3.05, 3.63) is 42.1 Å². The van der Waals surface area contributed by atoms with Gasteiger partial charge in [-0.15, -0.1) is 0 Å². The van der Waals surface area contributed by atoms with Crippen LogP contribution >= 0.6 is 0 Å². The van der Waals surface area contributed by atoms with Crippen LogP contribution in [-0.4, -0.2) is 23.2 Å². The third-order valence-electron chi connectivity index (χ3n) is 2.58. The number of carbonyl (C=O) groups excluding carboxylic acids is 1. The molecule has 4 nitrogen and oxygen atoms in total. The quantitative estimate of drug-likeness (QED) is 0.819. The summed E-state index contributed by atoms with van der Waals surface area (Å²) in [5, 5.41) is 10.8. The van der Waals surface area contributed by atoms with Gasteiger partial charge in [0.15, 0.2) is 0 Å².